The molecule has 0 saturated carbocycles. The van der Waals surface area contributed by atoms with Gasteiger partial charge < -0.3 is 24.8 Å². The van der Waals surface area contributed by atoms with Crippen molar-refractivity contribution in [3.63, 3.8) is 0 Å². The molecule has 0 nitrogen and oxygen atoms in total. The van der Waals surface area contributed by atoms with Crippen molar-refractivity contribution in [1.29, 1.82) is 0 Å². The first-order chi connectivity index (χ1) is 21.4. The summed E-state index contributed by atoms with van der Waals surface area (Å²) >= 11 is 7.37. The van der Waals surface area contributed by atoms with Gasteiger partial charge in [0.25, 0.3) is 0 Å². The van der Waals surface area contributed by atoms with Crippen molar-refractivity contribution >= 4 is 25.6 Å². The number of hydrogen-bond donors (Lipinski definition) is 0. The van der Waals surface area contributed by atoms with Crippen molar-refractivity contribution in [2.75, 3.05) is 0 Å². The topological polar surface area (TPSA) is 0 Å². The normalized spacial score (nSPS) is 11.4. The van der Waals surface area contributed by atoms with Crippen LogP contribution in [0.5, 0.6) is 0 Å². The third kappa shape index (κ3) is 9.71. The Morgan fingerprint density at radius 2 is 1.32 bits per heavy atom. The molecule has 0 aliphatic heterocycles. The van der Waals surface area contributed by atoms with E-state index in [1.807, 2.05) is 42.5 Å². The molecular formula is C43H41Cl3Zr-2. The van der Waals surface area contributed by atoms with Gasteiger partial charge in [0.2, 0.25) is 0 Å². The Morgan fingerprint density at radius 1 is 0.702 bits per heavy atom. The van der Waals surface area contributed by atoms with Crippen molar-refractivity contribution in [2.45, 2.75) is 58.8 Å². The van der Waals surface area contributed by atoms with Gasteiger partial charge in [-0.1, -0.05) is 76.3 Å². The summed E-state index contributed by atoms with van der Waals surface area (Å²) in [6.07, 6.45) is 1.03. The minimum absolute atomic E-state index is 0. The fourth-order valence-corrected chi connectivity index (χ4v) is 6.59. The molecule has 6 aromatic carbocycles. The summed E-state index contributed by atoms with van der Waals surface area (Å²) in [7, 11) is 0. The number of fused-ring (bicyclic) bond motifs is 4. The molecule has 0 fully saturated rings. The van der Waals surface area contributed by atoms with E-state index in [4.69, 9.17) is 11.6 Å². The van der Waals surface area contributed by atoms with Gasteiger partial charge in [-0.05, 0) is 17.4 Å². The molecule has 6 aromatic rings. The molecule has 0 aromatic heterocycles. The molecule has 240 valence electrons. The van der Waals surface area contributed by atoms with Crippen molar-refractivity contribution < 1.29 is 49.0 Å². The average molecular weight is 755 g/mol. The summed E-state index contributed by atoms with van der Waals surface area (Å²) in [4.78, 5) is 0. The second-order valence-corrected chi connectivity index (χ2v) is 15.4. The zero-order valence-corrected chi connectivity index (χ0v) is 32.7. The van der Waals surface area contributed by atoms with Crippen LogP contribution in [0.2, 0.25) is 5.02 Å². The predicted molar refractivity (Wildman–Crippen MR) is 192 cm³/mol. The maximum absolute atomic E-state index is 5.96. The van der Waals surface area contributed by atoms with Gasteiger partial charge in [-0.25, -0.2) is 12.1 Å². The molecule has 0 saturated heterocycles. The van der Waals surface area contributed by atoms with Crippen LogP contribution in [0.3, 0.4) is 0 Å². The van der Waals surface area contributed by atoms with Gasteiger partial charge in [-0.3, -0.25) is 0 Å². The monoisotopic (exact) mass is 752 g/mol. The molecule has 1 aliphatic carbocycles. The number of hydrogen-bond acceptors (Lipinski definition) is 0. The van der Waals surface area contributed by atoms with Gasteiger partial charge in [-0.2, -0.15) is 47.5 Å². The van der Waals surface area contributed by atoms with Crippen LogP contribution in [-0.2, 0) is 41.5 Å². The summed E-state index contributed by atoms with van der Waals surface area (Å²) in [5.41, 5.74) is 11.3. The Morgan fingerprint density at radius 3 is 1.94 bits per heavy atom. The third-order valence-corrected chi connectivity index (χ3v) is 9.90. The van der Waals surface area contributed by atoms with Crippen molar-refractivity contribution in [3.8, 4) is 11.1 Å². The Hall–Kier alpha value is -2.67. The van der Waals surface area contributed by atoms with E-state index in [0.717, 1.165) is 11.4 Å². The first-order valence-electron chi connectivity index (χ1n) is 15.6. The van der Waals surface area contributed by atoms with Gasteiger partial charge in [0.1, 0.15) is 0 Å². The quantitative estimate of drug-likeness (QED) is 0.200. The number of halogens is 3. The number of rotatable bonds is 2. The Labute approximate surface area is 314 Å². The van der Waals surface area contributed by atoms with Crippen LogP contribution >= 0.6 is 11.6 Å². The van der Waals surface area contributed by atoms with Crippen LogP contribution in [0.15, 0.2) is 127 Å². The zero-order valence-electron chi connectivity index (χ0n) is 28.0. The van der Waals surface area contributed by atoms with E-state index >= 15 is 0 Å². The SMILES string of the molecule is CC(C)(C)c1c[c-]c2c(c1)-c1cc(C(C)(C)C)ccc1C2.Clc1ccc([C](=[Zr+2])c2cccc3ccccc23)cc1.[Cl-].[Cl-].c1cc[cH-]c1. The standard InChI is InChI=1S/C21H25.C17H11Cl.C5H5.2ClH.Zr/c1-20(2,3)16-9-7-14-11-15-8-10-17(21(4,5)6)13-19(15)18(14)12-16;18-16-10-8-13(9-11-16)12-15-6-3-5-14-4-1-2-7-17(14)15;1-2-4-5-3-1;;;/h7,9-10,12-13H,11H2,1-6H3;1-11H;1-5H;2*1H;/q-1;;-1;;;+2/p-2. The van der Waals surface area contributed by atoms with Crippen molar-refractivity contribution in [1.82, 2.24) is 0 Å². The van der Waals surface area contributed by atoms with Crippen LogP contribution < -0.4 is 24.8 Å². The maximum Gasteiger partial charge on any atom is -0.172 e. The largest absolute Gasteiger partial charge is 1.00 e. The molecule has 0 radical (unpaired) electrons. The Kier molecular flexibility index (Phi) is 13.7. The molecule has 0 amide bonds. The summed E-state index contributed by atoms with van der Waals surface area (Å²) in [5.74, 6) is 0. The zero-order chi connectivity index (χ0) is 32.2. The van der Waals surface area contributed by atoms with E-state index in [1.165, 1.54) is 82.7 Å². The molecule has 0 atom stereocenters. The van der Waals surface area contributed by atoms with Crippen LogP contribution in [0.1, 0.15) is 74.9 Å². The smallest absolute Gasteiger partial charge is 0.172 e. The first kappa shape index (κ1) is 38.8. The molecule has 0 spiro atoms. The van der Waals surface area contributed by atoms with Crippen LogP contribution in [-0.4, -0.2) is 3.21 Å². The minimum Gasteiger partial charge on any atom is -1.00 e. The summed E-state index contributed by atoms with van der Waals surface area (Å²) in [5, 5.41) is 3.38. The van der Waals surface area contributed by atoms with Crippen LogP contribution in [0, 0.1) is 6.07 Å². The molecule has 0 bridgehead atoms. The first-order valence-corrected chi connectivity index (χ1v) is 17.2. The van der Waals surface area contributed by atoms with Crippen LogP contribution in [0.4, 0.5) is 0 Å². The molecule has 0 N–H and O–H groups in total. The average Bonchev–Trinajstić information content (AvgIpc) is 3.72. The van der Waals surface area contributed by atoms with Crippen LogP contribution in [0.25, 0.3) is 21.9 Å². The van der Waals surface area contributed by atoms with E-state index in [-0.39, 0.29) is 35.6 Å². The maximum atomic E-state index is 5.96. The fraction of sp³-hybridized carbons (Fsp3) is 0.209. The second-order valence-electron chi connectivity index (χ2n) is 13.7. The van der Waals surface area contributed by atoms with Gasteiger partial charge >= 0.3 is 133 Å². The second kappa shape index (κ2) is 16.6. The molecule has 7 rings (SSSR count). The summed E-state index contributed by atoms with van der Waals surface area (Å²) < 4.78 is 1.36. The van der Waals surface area contributed by atoms with Gasteiger partial charge in [0.15, 0.2) is 0 Å². The predicted octanol–water partition coefficient (Wildman–Crippen LogP) is 5.68. The molecule has 1 aliphatic rings. The molecule has 4 heteroatoms. The van der Waals surface area contributed by atoms with Gasteiger partial charge in [0.05, 0.1) is 0 Å². The van der Waals surface area contributed by atoms with E-state index in [2.05, 4.69) is 133 Å². The van der Waals surface area contributed by atoms with E-state index in [0.29, 0.717) is 0 Å². The molecule has 47 heavy (non-hydrogen) atoms. The number of benzene rings is 5. The van der Waals surface area contributed by atoms with Gasteiger partial charge in [-0.15, -0.1) is 5.56 Å². The van der Waals surface area contributed by atoms with E-state index < -0.39 is 0 Å². The van der Waals surface area contributed by atoms with E-state index in [9.17, 15) is 0 Å². The Bertz CT molecular complexity index is 1820. The molecular weight excluding hydrogens is 714 g/mol. The van der Waals surface area contributed by atoms with Crippen molar-refractivity contribution in [3.05, 3.63) is 172 Å². The fourth-order valence-electron chi connectivity index (χ4n) is 5.52. The van der Waals surface area contributed by atoms with Gasteiger partial charge in [0, 0.05) is 0 Å². The molecule has 0 heterocycles. The minimum atomic E-state index is 0. The van der Waals surface area contributed by atoms with Crippen molar-refractivity contribution in [2.24, 2.45) is 0 Å². The summed E-state index contributed by atoms with van der Waals surface area (Å²) in [6.45, 7) is 13.6. The van der Waals surface area contributed by atoms with E-state index in [1.54, 1.807) is 0 Å². The summed E-state index contributed by atoms with van der Waals surface area (Å²) in [6, 6.07) is 48.1. The molecule has 0 unspecified atom stereocenters. The Balaban J connectivity index is 0.000000215. The third-order valence-electron chi connectivity index (χ3n) is 8.27.